The van der Waals surface area contributed by atoms with Crippen LogP contribution in [0.3, 0.4) is 0 Å². The molecule has 0 bridgehead atoms. The van der Waals surface area contributed by atoms with Crippen LogP contribution in [0.5, 0.6) is 0 Å². The lowest BCUT2D eigenvalue weighted by molar-refractivity contribution is -0.118. The maximum Gasteiger partial charge on any atom is 0.138 e. The van der Waals surface area contributed by atoms with Crippen LogP contribution in [0.1, 0.15) is 12.0 Å². The smallest absolute Gasteiger partial charge is 0.138 e. The Labute approximate surface area is 95.8 Å². The molecule has 0 saturated carbocycles. The number of carbonyl (C=O) groups is 1. The van der Waals surface area contributed by atoms with Gasteiger partial charge in [-0.2, -0.15) is 0 Å². The third-order valence-corrected chi connectivity index (χ3v) is 2.36. The summed E-state index contributed by atoms with van der Waals surface area (Å²) in [6.45, 7) is 0.805. The van der Waals surface area contributed by atoms with Gasteiger partial charge in [0.2, 0.25) is 0 Å². The van der Waals surface area contributed by atoms with E-state index in [4.69, 9.17) is 11.6 Å². The quantitative estimate of drug-likeness (QED) is 0.767. The van der Waals surface area contributed by atoms with E-state index >= 15 is 0 Å². The van der Waals surface area contributed by atoms with Crippen molar-refractivity contribution in [2.24, 2.45) is 0 Å². The van der Waals surface area contributed by atoms with Gasteiger partial charge in [0.25, 0.3) is 0 Å². The number of ketones is 1. The van der Waals surface area contributed by atoms with Gasteiger partial charge in [0.1, 0.15) is 5.78 Å². The van der Waals surface area contributed by atoms with Gasteiger partial charge in [-0.1, -0.05) is 23.7 Å². The first kappa shape index (κ1) is 12.2. The zero-order valence-electron chi connectivity index (χ0n) is 9.16. The van der Waals surface area contributed by atoms with E-state index in [9.17, 15) is 4.79 Å². The second-order valence-corrected chi connectivity index (χ2v) is 4.34. The number of hydrogen-bond donors (Lipinski definition) is 0. The van der Waals surface area contributed by atoms with E-state index in [1.54, 1.807) is 0 Å². The van der Waals surface area contributed by atoms with Crippen molar-refractivity contribution in [3.8, 4) is 0 Å². The molecule has 0 heterocycles. The van der Waals surface area contributed by atoms with Crippen LogP contribution in [0.2, 0.25) is 5.02 Å². The van der Waals surface area contributed by atoms with E-state index in [1.807, 2.05) is 43.3 Å². The van der Waals surface area contributed by atoms with Crippen molar-refractivity contribution in [3.63, 3.8) is 0 Å². The highest BCUT2D eigenvalue weighted by Crippen LogP contribution is 2.11. The minimum atomic E-state index is 0.256. The van der Waals surface area contributed by atoms with Crippen molar-refractivity contribution in [1.82, 2.24) is 4.90 Å². The summed E-state index contributed by atoms with van der Waals surface area (Å²) in [6.07, 6.45) is 1.08. The average Bonchev–Trinajstić information content (AvgIpc) is 2.15. The molecule has 0 radical (unpaired) electrons. The lowest BCUT2D eigenvalue weighted by Gasteiger charge is -2.08. The van der Waals surface area contributed by atoms with Crippen LogP contribution in [0.25, 0.3) is 0 Å². The van der Waals surface area contributed by atoms with Crippen LogP contribution in [-0.4, -0.2) is 31.3 Å². The van der Waals surface area contributed by atoms with Crippen LogP contribution >= 0.6 is 11.6 Å². The first-order chi connectivity index (χ1) is 7.08. The second-order valence-electron chi connectivity index (χ2n) is 3.90. The van der Waals surface area contributed by atoms with Gasteiger partial charge >= 0.3 is 0 Å². The maximum atomic E-state index is 11.6. The summed E-state index contributed by atoms with van der Waals surface area (Å²) in [5, 5.41) is 0.688. The second kappa shape index (κ2) is 5.89. The maximum absolute atomic E-state index is 11.6. The molecular formula is C12H16ClNO. The Kier molecular flexibility index (Phi) is 4.79. The van der Waals surface area contributed by atoms with E-state index in [0.717, 1.165) is 12.1 Å². The predicted octanol–water partition coefficient (Wildman–Crippen LogP) is 2.40. The monoisotopic (exact) mass is 225 g/mol. The fraction of sp³-hybridized carbons (Fsp3) is 0.417. The normalized spacial score (nSPS) is 10.7. The van der Waals surface area contributed by atoms with Crippen molar-refractivity contribution in [2.45, 2.75) is 12.8 Å². The lowest BCUT2D eigenvalue weighted by atomic mass is 10.1. The molecule has 0 saturated heterocycles. The van der Waals surface area contributed by atoms with Crippen molar-refractivity contribution < 1.29 is 4.79 Å². The molecule has 0 atom stereocenters. The molecule has 3 heteroatoms. The van der Waals surface area contributed by atoms with E-state index in [1.165, 1.54) is 0 Å². The first-order valence-electron chi connectivity index (χ1n) is 4.99. The van der Waals surface area contributed by atoms with Gasteiger partial charge in [-0.25, -0.2) is 0 Å². The largest absolute Gasteiger partial charge is 0.309 e. The van der Waals surface area contributed by atoms with Crippen molar-refractivity contribution >= 4 is 17.4 Å². The SMILES string of the molecule is CN(C)CCC(=O)Cc1cccc(Cl)c1. The molecule has 0 aromatic heterocycles. The topological polar surface area (TPSA) is 20.3 Å². The number of hydrogen-bond acceptors (Lipinski definition) is 2. The molecule has 0 unspecified atom stereocenters. The molecule has 1 aromatic rings. The number of benzene rings is 1. The lowest BCUT2D eigenvalue weighted by Crippen LogP contribution is -2.17. The molecule has 0 N–H and O–H groups in total. The third kappa shape index (κ3) is 4.96. The number of nitrogens with zero attached hydrogens (tertiary/aromatic N) is 1. The molecule has 82 valence electrons. The summed E-state index contributed by atoms with van der Waals surface area (Å²) >= 11 is 5.84. The number of Topliss-reactive ketones (excluding diaryl/α,β-unsaturated/α-hetero) is 1. The summed E-state index contributed by atoms with van der Waals surface area (Å²) in [6, 6.07) is 7.46. The Morgan fingerprint density at radius 3 is 2.73 bits per heavy atom. The van der Waals surface area contributed by atoms with E-state index in [-0.39, 0.29) is 5.78 Å². The first-order valence-corrected chi connectivity index (χ1v) is 5.36. The molecule has 1 aromatic carbocycles. The van der Waals surface area contributed by atoms with Gasteiger partial charge < -0.3 is 4.90 Å². The van der Waals surface area contributed by atoms with Gasteiger partial charge in [-0.05, 0) is 31.8 Å². The van der Waals surface area contributed by atoms with Gasteiger partial charge in [-0.3, -0.25) is 4.79 Å². The van der Waals surface area contributed by atoms with Crippen molar-refractivity contribution in [3.05, 3.63) is 34.9 Å². The van der Waals surface area contributed by atoms with Crippen LogP contribution in [0.4, 0.5) is 0 Å². The summed E-state index contributed by atoms with van der Waals surface area (Å²) in [5.74, 6) is 0.256. The highest BCUT2D eigenvalue weighted by molar-refractivity contribution is 6.30. The zero-order chi connectivity index (χ0) is 11.3. The summed E-state index contributed by atoms with van der Waals surface area (Å²) < 4.78 is 0. The van der Waals surface area contributed by atoms with Crippen molar-refractivity contribution in [2.75, 3.05) is 20.6 Å². The van der Waals surface area contributed by atoms with E-state index < -0.39 is 0 Å². The Morgan fingerprint density at radius 2 is 2.13 bits per heavy atom. The highest BCUT2D eigenvalue weighted by Gasteiger charge is 2.04. The van der Waals surface area contributed by atoms with Crippen LogP contribution in [0, 0.1) is 0 Å². The van der Waals surface area contributed by atoms with E-state index in [0.29, 0.717) is 17.9 Å². The molecule has 0 fully saturated rings. The zero-order valence-corrected chi connectivity index (χ0v) is 9.92. The van der Waals surface area contributed by atoms with Crippen molar-refractivity contribution in [1.29, 1.82) is 0 Å². The molecule has 0 aliphatic carbocycles. The Balaban J connectivity index is 2.44. The summed E-state index contributed by atoms with van der Waals surface area (Å²) in [5.41, 5.74) is 0.992. The standard InChI is InChI=1S/C12H16ClNO/c1-14(2)7-6-12(15)9-10-4-3-5-11(13)8-10/h3-5,8H,6-7,9H2,1-2H3. The van der Waals surface area contributed by atoms with Gasteiger partial charge in [0.15, 0.2) is 0 Å². The fourth-order valence-corrected chi connectivity index (χ4v) is 1.52. The Morgan fingerprint density at radius 1 is 1.40 bits per heavy atom. The molecular weight excluding hydrogens is 210 g/mol. The van der Waals surface area contributed by atoms with Crippen LogP contribution in [0.15, 0.2) is 24.3 Å². The highest BCUT2D eigenvalue weighted by atomic mass is 35.5. The number of halogens is 1. The van der Waals surface area contributed by atoms with Crippen LogP contribution in [-0.2, 0) is 11.2 Å². The predicted molar refractivity (Wildman–Crippen MR) is 63.3 cm³/mol. The van der Waals surface area contributed by atoms with Gasteiger partial charge in [-0.15, -0.1) is 0 Å². The molecule has 0 aliphatic heterocycles. The summed E-state index contributed by atoms with van der Waals surface area (Å²) in [7, 11) is 3.93. The molecule has 0 amide bonds. The van der Waals surface area contributed by atoms with E-state index in [2.05, 4.69) is 0 Å². The average molecular weight is 226 g/mol. The molecule has 0 aliphatic rings. The molecule has 2 nitrogen and oxygen atoms in total. The van der Waals surface area contributed by atoms with Crippen LogP contribution < -0.4 is 0 Å². The Bertz CT molecular complexity index is 336. The minimum absolute atomic E-state index is 0.256. The Hall–Kier alpha value is -0.860. The fourth-order valence-electron chi connectivity index (χ4n) is 1.31. The third-order valence-electron chi connectivity index (χ3n) is 2.13. The molecule has 15 heavy (non-hydrogen) atoms. The van der Waals surface area contributed by atoms with Gasteiger partial charge in [0, 0.05) is 24.4 Å². The van der Waals surface area contributed by atoms with Gasteiger partial charge in [0.05, 0.1) is 0 Å². The molecule has 1 rings (SSSR count). The minimum Gasteiger partial charge on any atom is -0.309 e. The number of rotatable bonds is 5. The molecule has 0 spiro atoms. The summed E-state index contributed by atoms with van der Waals surface area (Å²) in [4.78, 5) is 13.6. The number of carbonyl (C=O) groups excluding carboxylic acids is 1.